The highest BCUT2D eigenvalue weighted by Gasteiger charge is 2.13. The normalized spacial score (nSPS) is 12.8. The largest absolute Gasteiger partial charge is 0.508 e. The molecule has 0 radical (unpaired) electrons. The molecule has 1 rings (SSSR count). The number of phenolic OH excluding ortho intramolecular Hbond substituents is 1. The van der Waals surface area contributed by atoms with Crippen molar-refractivity contribution in [3.05, 3.63) is 28.2 Å². The molecule has 0 amide bonds. The van der Waals surface area contributed by atoms with E-state index in [0.29, 0.717) is 12.4 Å². The summed E-state index contributed by atoms with van der Waals surface area (Å²) in [5.74, 6) is 0.334. The van der Waals surface area contributed by atoms with Gasteiger partial charge < -0.3 is 20.1 Å². The van der Waals surface area contributed by atoms with Crippen LogP contribution < -0.4 is 5.32 Å². The Balaban J connectivity index is 2.38. The second kappa shape index (κ2) is 9.34. The van der Waals surface area contributed by atoms with Crippen molar-refractivity contribution in [3.63, 3.8) is 0 Å². The number of hydrogen-bond acceptors (Lipinski definition) is 4. The zero-order chi connectivity index (χ0) is 15.0. The van der Waals surface area contributed by atoms with Crippen LogP contribution in [0.25, 0.3) is 0 Å². The minimum absolute atomic E-state index is 0.143. The number of aromatic hydroxyl groups is 1. The van der Waals surface area contributed by atoms with Crippen LogP contribution in [0.1, 0.15) is 24.9 Å². The fourth-order valence-electron chi connectivity index (χ4n) is 1.93. The minimum Gasteiger partial charge on any atom is -0.508 e. The first-order valence-electron chi connectivity index (χ1n) is 6.98. The van der Waals surface area contributed by atoms with Crippen LogP contribution in [0.15, 0.2) is 22.7 Å². The van der Waals surface area contributed by atoms with Crippen molar-refractivity contribution in [2.75, 3.05) is 40.4 Å². The standard InChI is InChI=1S/C15H25BrN2O2/c1-4-14(13-11-12(16)5-6-15(13)19)17-7-9-20-10-8-18(2)3/h5-6,11,14,17,19H,4,7-10H2,1-3H3. The zero-order valence-electron chi connectivity index (χ0n) is 12.5. The molecule has 1 aromatic carbocycles. The number of ether oxygens (including phenoxy) is 1. The molecule has 0 bridgehead atoms. The van der Waals surface area contributed by atoms with Crippen LogP contribution in [0.5, 0.6) is 5.75 Å². The van der Waals surface area contributed by atoms with E-state index >= 15 is 0 Å². The molecule has 0 aromatic heterocycles. The zero-order valence-corrected chi connectivity index (χ0v) is 14.1. The van der Waals surface area contributed by atoms with Gasteiger partial charge >= 0.3 is 0 Å². The minimum atomic E-state index is 0.143. The van der Waals surface area contributed by atoms with E-state index in [9.17, 15) is 5.11 Å². The van der Waals surface area contributed by atoms with E-state index in [0.717, 1.165) is 36.2 Å². The number of benzene rings is 1. The maximum absolute atomic E-state index is 9.94. The van der Waals surface area contributed by atoms with Gasteiger partial charge in [0.05, 0.1) is 13.2 Å². The third-order valence-corrected chi connectivity index (χ3v) is 3.59. The number of hydrogen-bond donors (Lipinski definition) is 2. The van der Waals surface area contributed by atoms with Gasteiger partial charge in [0.2, 0.25) is 0 Å². The lowest BCUT2D eigenvalue weighted by atomic mass is 10.0. The average molecular weight is 345 g/mol. The van der Waals surface area contributed by atoms with Gasteiger partial charge in [-0.05, 0) is 38.7 Å². The third kappa shape index (κ3) is 6.22. The Kier molecular flexibility index (Phi) is 8.14. The van der Waals surface area contributed by atoms with E-state index in [1.165, 1.54) is 0 Å². The molecule has 4 nitrogen and oxygen atoms in total. The predicted octanol–water partition coefficient (Wildman–Crippen LogP) is 2.77. The fourth-order valence-corrected chi connectivity index (χ4v) is 2.31. The Bertz CT molecular complexity index is 399. The average Bonchev–Trinajstić information content (AvgIpc) is 2.41. The molecule has 0 saturated heterocycles. The summed E-state index contributed by atoms with van der Waals surface area (Å²) in [5, 5.41) is 13.4. The maximum Gasteiger partial charge on any atom is 0.120 e. The molecule has 0 aliphatic heterocycles. The first-order valence-corrected chi connectivity index (χ1v) is 7.78. The van der Waals surface area contributed by atoms with E-state index in [2.05, 4.69) is 33.1 Å². The molecular weight excluding hydrogens is 320 g/mol. The van der Waals surface area contributed by atoms with Crippen LogP contribution in [0.4, 0.5) is 0 Å². The van der Waals surface area contributed by atoms with Crippen molar-refractivity contribution in [1.29, 1.82) is 0 Å². The number of halogens is 1. The van der Waals surface area contributed by atoms with E-state index in [4.69, 9.17) is 4.74 Å². The molecule has 0 heterocycles. The van der Waals surface area contributed by atoms with E-state index < -0.39 is 0 Å². The third-order valence-electron chi connectivity index (χ3n) is 3.09. The van der Waals surface area contributed by atoms with Crippen LogP contribution in [0.3, 0.4) is 0 Å². The molecule has 0 aliphatic carbocycles. The summed E-state index contributed by atoms with van der Waals surface area (Å²) >= 11 is 3.44. The lowest BCUT2D eigenvalue weighted by molar-refractivity contribution is 0.117. The molecule has 1 aromatic rings. The molecule has 0 fully saturated rings. The van der Waals surface area contributed by atoms with Crippen molar-refractivity contribution in [3.8, 4) is 5.75 Å². The second-order valence-electron chi connectivity index (χ2n) is 5.03. The topological polar surface area (TPSA) is 44.7 Å². The number of phenols is 1. The molecule has 20 heavy (non-hydrogen) atoms. The van der Waals surface area contributed by atoms with Gasteiger partial charge in [0, 0.05) is 29.2 Å². The van der Waals surface area contributed by atoms with Crippen molar-refractivity contribution in [1.82, 2.24) is 10.2 Å². The van der Waals surface area contributed by atoms with Gasteiger partial charge in [-0.2, -0.15) is 0 Å². The van der Waals surface area contributed by atoms with Gasteiger partial charge in [0.25, 0.3) is 0 Å². The Hall–Kier alpha value is -0.620. The molecule has 0 spiro atoms. The fraction of sp³-hybridized carbons (Fsp3) is 0.600. The predicted molar refractivity (Wildman–Crippen MR) is 86.2 cm³/mol. The highest BCUT2D eigenvalue weighted by Crippen LogP contribution is 2.29. The molecule has 2 N–H and O–H groups in total. The summed E-state index contributed by atoms with van der Waals surface area (Å²) in [7, 11) is 4.07. The maximum atomic E-state index is 9.94. The number of nitrogens with zero attached hydrogens (tertiary/aromatic N) is 1. The molecule has 5 heteroatoms. The highest BCUT2D eigenvalue weighted by atomic mass is 79.9. The summed E-state index contributed by atoms with van der Waals surface area (Å²) in [5.41, 5.74) is 0.926. The first-order chi connectivity index (χ1) is 9.54. The molecule has 0 saturated carbocycles. The Morgan fingerprint density at radius 2 is 2.10 bits per heavy atom. The Morgan fingerprint density at radius 3 is 2.75 bits per heavy atom. The second-order valence-corrected chi connectivity index (χ2v) is 5.95. The number of nitrogens with one attached hydrogen (secondary N) is 1. The van der Waals surface area contributed by atoms with Gasteiger partial charge in [0.15, 0.2) is 0 Å². The first kappa shape index (κ1) is 17.4. The van der Waals surface area contributed by atoms with E-state index in [1.807, 2.05) is 26.2 Å². The van der Waals surface area contributed by atoms with Gasteiger partial charge in [-0.3, -0.25) is 0 Å². The molecule has 1 unspecified atom stereocenters. The van der Waals surface area contributed by atoms with Crippen molar-refractivity contribution in [2.45, 2.75) is 19.4 Å². The van der Waals surface area contributed by atoms with Gasteiger partial charge in [-0.15, -0.1) is 0 Å². The lowest BCUT2D eigenvalue weighted by Gasteiger charge is -2.19. The summed E-state index contributed by atoms with van der Waals surface area (Å²) in [4.78, 5) is 2.10. The lowest BCUT2D eigenvalue weighted by Crippen LogP contribution is -2.26. The summed E-state index contributed by atoms with van der Waals surface area (Å²) in [6.07, 6.45) is 0.918. The smallest absolute Gasteiger partial charge is 0.120 e. The van der Waals surface area contributed by atoms with Crippen molar-refractivity contribution >= 4 is 15.9 Å². The van der Waals surface area contributed by atoms with Gasteiger partial charge in [-0.1, -0.05) is 22.9 Å². The SMILES string of the molecule is CCC(NCCOCCN(C)C)c1cc(Br)ccc1O. The van der Waals surface area contributed by atoms with Gasteiger partial charge in [-0.25, -0.2) is 0 Å². The van der Waals surface area contributed by atoms with Crippen molar-refractivity contribution in [2.24, 2.45) is 0 Å². The van der Waals surface area contributed by atoms with E-state index in [-0.39, 0.29) is 6.04 Å². The van der Waals surface area contributed by atoms with Crippen LogP contribution >= 0.6 is 15.9 Å². The van der Waals surface area contributed by atoms with Crippen molar-refractivity contribution < 1.29 is 9.84 Å². The van der Waals surface area contributed by atoms with E-state index in [1.54, 1.807) is 6.07 Å². The summed E-state index contributed by atoms with van der Waals surface area (Å²) < 4.78 is 6.53. The molecule has 114 valence electrons. The van der Waals surface area contributed by atoms with Crippen LogP contribution in [-0.2, 0) is 4.74 Å². The molecular formula is C15H25BrN2O2. The van der Waals surface area contributed by atoms with Gasteiger partial charge in [0.1, 0.15) is 5.75 Å². The highest BCUT2D eigenvalue weighted by molar-refractivity contribution is 9.10. The monoisotopic (exact) mass is 344 g/mol. The Morgan fingerprint density at radius 1 is 1.35 bits per heavy atom. The van der Waals surface area contributed by atoms with Crippen LogP contribution in [0, 0.1) is 0 Å². The number of rotatable bonds is 9. The molecule has 1 atom stereocenters. The molecule has 0 aliphatic rings. The Labute approximate surface area is 130 Å². The van der Waals surface area contributed by atoms with Crippen LogP contribution in [-0.4, -0.2) is 50.4 Å². The summed E-state index contributed by atoms with van der Waals surface area (Å²) in [6.45, 7) is 5.24. The summed E-state index contributed by atoms with van der Waals surface area (Å²) in [6, 6.07) is 5.67. The number of likely N-dealkylation sites (N-methyl/N-ethyl adjacent to an activating group) is 1. The quantitative estimate of drug-likeness (QED) is 0.676. The van der Waals surface area contributed by atoms with Crippen LogP contribution in [0.2, 0.25) is 0 Å².